The van der Waals surface area contributed by atoms with E-state index in [1.807, 2.05) is 25.1 Å². The fourth-order valence-corrected chi connectivity index (χ4v) is 1.96. The molecule has 0 aliphatic heterocycles. The van der Waals surface area contributed by atoms with Gasteiger partial charge in [-0.25, -0.2) is 9.82 Å². The second-order valence-electron chi connectivity index (χ2n) is 5.26. The predicted octanol–water partition coefficient (Wildman–Crippen LogP) is 3.00. The fraction of sp³-hybridized carbons (Fsp3) is 0.167. The molecule has 0 radical (unpaired) electrons. The van der Waals surface area contributed by atoms with Gasteiger partial charge in [-0.1, -0.05) is 24.3 Å². The number of benzene rings is 2. The van der Waals surface area contributed by atoms with E-state index in [-0.39, 0.29) is 30.5 Å². The van der Waals surface area contributed by atoms with Gasteiger partial charge in [-0.2, -0.15) is 5.10 Å². The van der Waals surface area contributed by atoms with Gasteiger partial charge >= 0.3 is 0 Å². The maximum absolute atomic E-state index is 12.7. The van der Waals surface area contributed by atoms with Crippen LogP contribution in [0.2, 0.25) is 0 Å². The first kappa shape index (κ1) is 17.3. The highest BCUT2D eigenvalue weighted by Crippen LogP contribution is 2.10. The Labute approximate surface area is 139 Å². The first-order valence-corrected chi connectivity index (χ1v) is 7.47. The van der Waals surface area contributed by atoms with Crippen LogP contribution in [0.1, 0.15) is 24.0 Å². The zero-order valence-corrected chi connectivity index (χ0v) is 13.3. The number of aryl methyl sites for hydroxylation is 1. The van der Waals surface area contributed by atoms with Gasteiger partial charge in [-0.3, -0.25) is 9.59 Å². The number of rotatable bonds is 6. The molecular formula is C18H18FN3O2. The molecule has 0 saturated carbocycles. The minimum atomic E-state index is -0.368. The van der Waals surface area contributed by atoms with Crippen LogP contribution in [0.4, 0.5) is 10.1 Å². The number of anilines is 1. The first-order valence-electron chi connectivity index (χ1n) is 7.47. The summed E-state index contributed by atoms with van der Waals surface area (Å²) in [6.45, 7) is 1.93. The molecule has 124 valence electrons. The van der Waals surface area contributed by atoms with Crippen molar-refractivity contribution >= 4 is 23.7 Å². The molecule has 2 aromatic rings. The van der Waals surface area contributed by atoms with Crippen molar-refractivity contribution in [1.82, 2.24) is 5.43 Å². The number of nitrogens with zero attached hydrogens (tertiary/aromatic N) is 1. The summed E-state index contributed by atoms with van der Waals surface area (Å²) in [6, 6.07) is 13.1. The summed E-state index contributed by atoms with van der Waals surface area (Å²) < 4.78 is 12.7. The SMILES string of the molecule is Cc1cccc(NC(=O)CCC(=O)NN=Cc2ccc(F)cc2)c1. The highest BCUT2D eigenvalue weighted by molar-refractivity contribution is 5.93. The molecule has 0 spiro atoms. The molecule has 0 bridgehead atoms. The molecule has 5 nitrogen and oxygen atoms in total. The van der Waals surface area contributed by atoms with Crippen LogP contribution in [-0.4, -0.2) is 18.0 Å². The van der Waals surface area contributed by atoms with Crippen LogP contribution >= 0.6 is 0 Å². The molecule has 0 atom stereocenters. The van der Waals surface area contributed by atoms with Crippen LogP contribution in [0.5, 0.6) is 0 Å². The number of hydrogen-bond acceptors (Lipinski definition) is 3. The topological polar surface area (TPSA) is 70.6 Å². The van der Waals surface area contributed by atoms with Gasteiger partial charge in [0.2, 0.25) is 11.8 Å². The van der Waals surface area contributed by atoms with Crippen molar-refractivity contribution in [2.75, 3.05) is 5.32 Å². The third-order valence-electron chi connectivity index (χ3n) is 3.15. The van der Waals surface area contributed by atoms with Crippen LogP contribution < -0.4 is 10.7 Å². The van der Waals surface area contributed by atoms with E-state index >= 15 is 0 Å². The minimum absolute atomic E-state index is 0.0262. The maximum atomic E-state index is 12.7. The molecule has 2 amide bonds. The Morgan fingerprint density at radius 1 is 1.08 bits per heavy atom. The van der Waals surface area contributed by atoms with E-state index in [9.17, 15) is 14.0 Å². The van der Waals surface area contributed by atoms with Gasteiger partial charge in [0.05, 0.1) is 6.21 Å². The van der Waals surface area contributed by atoms with Crippen molar-refractivity contribution in [2.45, 2.75) is 19.8 Å². The lowest BCUT2D eigenvalue weighted by atomic mass is 10.2. The average Bonchev–Trinajstić information content (AvgIpc) is 2.55. The Bertz CT molecular complexity index is 742. The van der Waals surface area contributed by atoms with Crippen LogP contribution in [0.15, 0.2) is 53.6 Å². The lowest BCUT2D eigenvalue weighted by Gasteiger charge is -2.05. The van der Waals surface area contributed by atoms with Crippen LogP contribution in [-0.2, 0) is 9.59 Å². The normalized spacial score (nSPS) is 10.6. The monoisotopic (exact) mass is 327 g/mol. The van der Waals surface area contributed by atoms with E-state index in [0.717, 1.165) is 5.56 Å². The molecule has 0 heterocycles. The quantitative estimate of drug-likeness (QED) is 0.632. The van der Waals surface area contributed by atoms with Crippen molar-refractivity contribution in [3.05, 3.63) is 65.5 Å². The molecule has 0 fully saturated rings. The summed E-state index contributed by atoms with van der Waals surface area (Å²) in [6.07, 6.45) is 1.49. The largest absolute Gasteiger partial charge is 0.326 e. The number of hydrogen-bond donors (Lipinski definition) is 2. The zero-order valence-electron chi connectivity index (χ0n) is 13.3. The molecule has 2 N–H and O–H groups in total. The fourth-order valence-electron chi connectivity index (χ4n) is 1.96. The van der Waals surface area contributed by atoms with Crippen molar-refractivity contribution in [1.29, 1.82) is 0 Å². The van der Waals surface area contributed by atoms with Gasteiger partial charge in [-0.05, 0) is 42.3 Å². The summed E-state index contributed by atoms with van der Waals surface area (Å²) in [4.78, 5) is 23.4. The van der Waals surface area contributed by atoms with Crippen LogP contribution in [0, 0.1) is 12.7 Å². The summed E-state index contributed by atoms with van der Waals surface area (Å²) >= 11 is 0. The summed E-state index contributed by atoms with van der Waals surface area (Å²) in [5.41, 5.74) is 4.74. The van der Waals surface area contributed by atoms with E-state index in [1.54, 1.807) is 18.2 Å². The molecule has 0 aliphatic carbocycles. The zero-order chi connectivity index (χ0) is 17.4. The van der Waals surface area contributed by atoms with Gasteiger partial charge in [-0.15, -0.1) is 0 Å². The number of hydrazone groups is 1. The average molecular weight is 327 g/mol. The maximum Gasteiger partial charge on any atom is 0.240 e. The van der Waals surface area contributed by atoms with E-state index in [4.69, 9.17) is 0 Å². The molecule has 0 aliphatic rings. The van der Waals surface area contributed by atoms with E-state index in [1.165, 1.54) is 18.3 Å². The smallest absolute Gasteiger partial charge is 0.240 e. The Morgan fingerprint density at radius 2 is 1.79 bits per heavy atom. The van der Waals surface area contributed by atoms with Gasteiger partial charge in [0.1, 0.15) is 5.82 Å². The highest BCUT2D eigenvalue weighted by Gasteiger charge is 2.06. The van der Waals surface area contributed by atoms with Crippen molar-refractivity contribution in [3.63, 3.8) is 0 Å². The summed E-state index contributed by atoms with van der Waals surface area (Å²) in [5, 5.41) is 6.50. The van der Waals surface area contributed by atoms with E-state index in [2.05, 4.69) is 15.8 Å². The molecule has 2 rings (SSSR count). The van der Waals surface area contributed by atoms with Crippen molar-refractivity contribution in [2.24, 2.45) is 5.10 Å². The highest BCUT2D eigenvalue weighted by atomic mass is 19.1. The van der Waals surface area contributed by atoms with Crippen LogP contribution in [0.25, 0.3) is 0 Å². The number of carbonyl (C=O) groups excluding carboxylic acids is 2. The van der Waals surface area contributed by atoms with Gasteiger partial charge in [0.25, 0.3) is 0 Å². The minimum Gasteiger partial charge on any atom is -0.326 e. The molecule has 0 aromatic heterocycles. The van der Waals surface area contributed by atoms with E-state index in [0.29, 0.717) is 11.3 Å². The number of halogens is 1. The molecule has 0 unspecified atom stereocenters. The van der Waals surface area contributed by atoms with Gasteiger partial charge < -0.3 is 5.32 Å². The van der Waals surface area contributed by atoms with Gasteiger partial charge in [0.15, 0.2) is 0 Å². The van der Waals surface area contributed by atoms with Crippen molar-refractivity contribution in [3.8, 4) is 0 Å². The second kappa shape index (κ2) is 8.57. The summed E-state index contributed by atoms with van der Waals surface area (Å²) in [5.74, 6) is -0.943. The number of carbonyl (C=O) groups is 2. The Hall–Kier alpha value is -3.02. The Balaban J connectivity index is 1.72. The first-order chi connectivity index (χ1) is 11.5. The molecule has 6 heteroatoms. The molecule has 0 saturated heterocycles. The number of amides is 2. The molecule has 24 heavy (non-hydrogen) atoms. The summed E-state index contributed by atoms with van der Waals surface area (Å²) in [7, 11) is 0. The van der Waals surface area contributed by atoms with Crippen molar-refractivity contribution < 1.29 is 14.0 Å². The predicted molar refractivity (Wildman–Crippen MR) is 91.2 cm³/mol. The third-order valence-corrected chi connectivity index (χ3v) is 3.15. The van der Waals surface area contributed by atoms with Gasteiger partial charge in [0, 0.05) is 18.5 Å². The number of nitrogens with one attached hydrogen (secondary N) is 2. The second-order valence-corrected chi connectivity index (χ2v) is 5.26. The molecular weight excluding hydrogens is 309 g/mol. The lowest BCUT2D eigenvalue weighted by molar-refractivity contribution is -0.124. The Kier molecular flexibility index (Phi) is 6.19. The van der Waals surface area contributed by atoms with E-state index < -0.39 is 0 Å². The third kappa shape index (κ3) is 6.00. The standard InChI is InChI=1S/C18H18FN3O2/c1-13-3-2-4-16(11-13)21-17(23)9-10-18(24)22-20-12-14-5-7-15(19)8-6-14/h2-8,11-12H,9-10H2,1H3,(H,21,23)(H,22,24). The van der Waals surface area contributed by atoms with Crippen LogP contribution in [0.3, 0.4) is 0 Å². The Morgan fingerprint density at radius 3 is 2.50 bits per heavy atom. The molecule has 2 aromatic carbocycles. The lowest BCUT2D eigenvalue weighted by Crippen LogP contribution is -2.20.